The van der Waals surface area contributed by atoms with E-state index < -0.39 is 24.5 Å². The molecule has 1 heterocycles. The molecule has 2 rings (SSSR count). The van der Waals surface area contributed by atoms with E-state index in [1.807, 2.05) is 0 Å². The van der Waals surface area contributed by atoms with E-state index in [9.17, 15) is 14.4 Å². The zero-order valence-corrected chi connectivity index (χ0v) is 12.0. The van der Waals surface area contributed by atoms with E-state index in [-0.39, 0.29) is 11.6 Å². The van der Waals surface area contributed by atoms with Gasteiger partial charge in [-0.25, -0.2) is 9.59 Å². The summed E-state index contributed by atoms with van der Waals surface area (Å²) >= 11 is 3.17. The second kappa shape index (κ2) is 6.47. The number of amides is 3. The minimum Gasteiger partial charge on any atom is -0.452 e. The molecular weight excluding hydrogens is 330 g/mol. The van der Waals surface area contributed by atoms with Crippen LogP contribution < -0.4 is 10.6 Å². The standard InChI is InChI=1S/C12H12BrN3O4/c13-8-3-7(4-14-5-8)11(18)20-6-10(17)16-12(19)15-9-1-2-9/h3-5,9H,1-2,6H2,(H2,15,16,17,19). The maximum absolute atomic E-state index is 11.6. The first-order chi connectivity index (χ1) is 9.54. The van der Waals surface area contributed by atoms with E-state index in [2.05, 4.69) is 31.5 Å². The summed E-state index contributed by atoms with van der Waals surface area (Å²) in [6, 6.07) is 1.10. The molecule has 3 amide bonds. The summed E-state index contributed by atoms with van der Waals surface area (Å²) in [6.45, 7) is -0.524. The predicted molar refractivity (Wildman–Crippen MR) is 71.9 cm³/mol. The Kier molecular flexibility index (Phi) is 4.67. The van der Waals surface area contributed by atoms with Gasteiger partial charge < -0.3 is 10.1 Å². The van der Waals surface area contributed by atoms with Gasteiger partial charge in [0.1, 0.15) is 0 Å². The molecule has 8 heteroatoms. The molecule has 106 valence electrons. The molecule has 1 aromatic heterocycles. The molecule has 7 nitrogen and oxygen atoms in total. The molecule has 0 radical (unpaired) electrons. The Morgan fingerprint density at radius 3 is 2.75 bits per heavy atom. The molecule has 2 N–H and O–H groups in total. The van der Waals surface area contributed by atoms with Gasteiger partial charge in [-0.15, -0.1) is 0 Å². The van der Waals surface area contributed by atoms with Crippen LogP contribution in [0.1, 0.15) is 23.2 Å². The maximum atomic E-state index is 11.6. The number of halogens is 1. The number of imide groups is 1. The average molecular weight is 342 g/mol. The fraction of sp³-hybridized carbons (Fsp3) is 0.333. The first kappa shape index (κ1) is 14.4. The number of urea groups is 1. The molecule has 0 saturated heterocycles. The Balaban J connectivity index is 1.74. The van der Waals surface area contributed by atoms with Gasteiger partial charge in [-0.05, 0) is 34.8 Å². The maximum Gasteiger partial charge on any atom is 0.340 e. The van der Waals surface area contributed by atoms with Crippen LogP contribution in [-0.4, -0.2) is 35.5 Å². The van der Waals surface area contributed by atoms with Crippen LogP contribution in [0.4, 0.5) is 4.79 Å². The van der Waals surface area contributed by atoms with Gasteiger partial charge in [0.25, 0.3) is 5.91 Å². The number of aromatic nitrogens is 1. The Labute approximate surface area is 123 Å². The highest BCUT2D eigenvalue weighted by molar-refractivity contribution is 9.10. The number of hydrogen-bond acceptors (Lipinski definition) is 5. The molecule has 1 aliphatic rings. The first-order valence-electron chi connectivity index (χ1n) is 5.92. The number of pyridine rings is 1. The number of hydrogen-bond donors (Lipinski definition) is 2. The number of nitrogens with one attached hydrogen (secondary N) is 2. The van der Waals surface area contributed by atoms with Crippen molar-refractivity contribution in [1.29, 1.82) is 0 Å². The van der Waals surface area contributed by atoms with Crippen LogP contribution in [0.25, 0.3) is 0 Å². The lowest BCUT2D eigenvalue weighted by Crippen LogP contribution is -2.42. The van der Waals surface area contributed by atoms with Crippen LogP contribution in [0.5, 0.6) is 0 Å². The van der Waals surface area contributed by atoms with E-state index in [0.29, 0.717) is 4.47 Å². The molecule has 0 bridgehead atoms. The summed E-state index contributed by atoms with van der Waals surface area (Å²) in [6.07, 6.45) is 4.69. The number of carbonyl (C=O) groups excluding carboxylic acids is 3. The third kappa shape index (κ3) is 4.61. The van der Waals surface area contributed by atoms with Gasteiger partial charge in [-0.1, -0.05) is 0 Å². The normalized spacial score (nSPS) is 13.4. The molecular formula is C12H12BrN3O4. The third-order valence-corrected chi connectivity index (χ3v) is 2.87. The molecule has 1 saturated carbocycles. The number of ether oxygens (including phenoxy) is 1. The number of rotatable bonds is 4. The zero-order chi connectivity index (χ0) is 14.5. The topological polar surface area (TPSA) is 97.4 Å². The predicted octanol–water partition coefficient (Wildman–Crippen LogP) is 0.989. The van der Waals surface area contributed by atoms with Crippen molar-refractivity contribution in [3.63, 3.8) is 0 Å². The van der Waals surface area contributed by atoms with Crippen molar-refractivity contribution < 1.29 is 19.1 Å². The van der Waals surface area contributed by atoms with Crippen molar-refractivity contribution in [2.75, 3.05) is 6.61 Å². The molecule has 0 aliphatic heterocycles. The summed E-state index contributed by atoms with van der Waals surface area (Å²) < 4.78 is 5.40. The highest BCUT2D eigenvalue weighted by atomic mass is 79.9. The number of nitrogens with zero attached hydrogens (tertiary/aromatic N) is 1. The van der Waals surface area contributed by atoms with Crippen molar-refractivity contribution in [3.05, 3.63) is 28.5 Å². The van der Waals surface area contributed by atoms with Crippen LogP contribution in [-0.2, 0) is 9.53 Å². The monoisotopic (exact) mass is 341 g/mol. The molecule has 1 aliphatic carbocycles. The van der Waals surface area contributed by atoms with Crippen LogP contribution in [0.3, 0.4) is 0 Å². The highest BCUT2D eigenvalue weighted by Gasteiger charge is 2.24. The number of carbonyl (C=O) groups is 3. The molecule has 0 spiro atoms. The Morgan fingerprint density at radius 1 is 1.35 bits per heavy atom. The van der Waals surface area contributed by atoms with Gasteiger partial charge in [-0.3, -0.25) is 15.1 Å². The van der Waals surface area contributed by atoms with Crippen LogP contribution >= 0.6 is 15.9 Å². The van der Waals surface area contributed by atoms with Crippen LogP contribution in [0.2, 0.25) is 0 Å². The average Bonchev–Trinajstić information content (AvgIpc) is 3.19. The highest BCUT2D eigenvalue weighted by Crippen LogP contribution is 2.18. The molecule has 0 unspecified atom stereocenters. The fourth-order valence-electron chi connectivity index (χ4n) is 1.35. The molecule has 0 aromatic carbocycles. The van der Waals surface area contributed by atoms with Crippen molar-refractivity contribution in [2.24, 2.45) is 0 Å². The summed E-state index contributed by atoms with van der Waals surface area (Å²) in [5.74, 6) is -1.36. The number of esters is 1. The lowest BCUT2D eigenvalue weighted by Gasteiger charge is -2.06. The van der Waals surface area contributed by atoms with E-state index in [4.69, 9.17) is 4.74 Å². The summed E-state index contributed by atoms with van der Waals surface area (Å²) in [5.41, 5.74) is 0.217. The van der Waals surface area contributed by atoms with Crippen molar-refractivity contribution in [3.8, 4) is 0 Å². The lowest BCUT2D eigenvalue weighted by molar-refractivity contribution is -0.123. The molecule has 0 atom stereocenters. The minimum absolute atomic E-state index is 0.151. The van der Waals surface area contributed by atoms with Crippen LogP contribution in [0.15, 0.2) is 22.9 Å². The van der Waals surface area contributed by atoms with E-state index in [1.54, 1.807) is 0 Å². The van der Waals surface area contributed by atoms with Crippen molar-refractivity contribution in [1.82, 2.24) is 15.6 Å². The van der Waals surface area contributed by atoms with Crippen LogP contribution in [0, 0.1) is 0 Å². The summed E-state index contributed by atoms with van der Waals surface area (Å²) in [7, 11) is 0. The molecule has 20 heavy (non-hydrogen) atoms. The lowest BCUT2D eigenvalue weighted by atomic mass is 10.3. The largest absolute Gasteiger partial charge is 0.452 e. The van der Waals surface area contributed by atoms with Gasteiger partial charge >= 0.3 is 12.0 Å². The minimum atomic E-state index is -0.684. The van der Waals surface area contributed by atoms with Gasteiger partial charge in [0.2, 0.25) is 0 Å². The van der Waals surface area contributed by atoms with Gasteiger partial charge in [0, 0.05) is 22.9 Å². The second-order valence-electron chi connectivity index (χ2n) is 4.26. The van der Waals surface area contributed by atoms with E-state index in [1.165, 1.54) is 18.5 Å². The summed E-state index contributed by atoms with van der Waals surface area (Å²) in [5, 5.41) is 4.66. The molecule has 1 fully saturated rings. The van der Waals surface area contributed by atoms with Gasteiger partial charge in [0.15, 0.2) is 6.61 Å². The quantitative estimate of drug-likeness (QED) is 0.796. The van der Waals surface area contributed by atoms with E-state index in [0.717, 1.165) is 12.8 Å². The van der Waals surface area contributed by atoms with Crippen molar-refractivity contribution in [2.45, 2.75) is 18.9 Å². The Hall–Kier alpha value is -1.96. The fourth-order valence-corrected chi connectivity index (χ4v) is 1.71. The van der Waals surface area contributed by atoms with Gasteiger partial charge in [0.05, 0.1) is 5.56 Å². The Bertz CT molecular complexity index is 545. The van der Waals surface area contributed by atoms with Crippen molar-refractivity contribution >= 4 is 33.8 Å². The SMILES string of the molecule is O=C(COC(=O)c1cncc(Br)c1)NC(=O)NC1CC1. The first-order valence-corrected chi connectivity index (χ1v) is 6.72. The molecule has 1 aromatic rings. The van der Waals surface area contributed by atoms with E-state index >= 15 is 0 Å². The van der Waals surface area contributed by atoms with Gasteiger partial charge in [-0.2, -0.15) is 0 Å². The Morgan fingerprint density at radius 2 is 2.10 bits per heavy atom. The smallest absolute Gasteiger partial charge is 0.340 e. The second-order valence-corrected chi connectivity index (χ2v) is 5.18. The third-order valence-electron chi connectivity index (χ3n) is 2.44. The zero-order valence-electron chi connectivity index (χ0n) is 10.4. The summed E-state index contributed by atoms with van der Waals surface area (Å²) in [4.78, 5) is 38.1.